The monoisotopic (exact) mass is 697 g/mol. The van der Waals surface area contributed by atoms with Gasteiger partial charge in [-0.25, -0.2) is 13.2 Å². The molecule has 13 heteroatoms. The number of aliphatic hydroxyl groups excluding tert-OH is 1. The van der Waals surface area contributed by atoms with Crippen molar-refractivity contribution in [2.24, 2.45) is 0 Å². The van der Waals surface area contributed by atoms with Crippen LogP contribution in [0, 0.1) is 0 Å². The number of sulfonamides is 1. The molecule has 6 rings (SSSR count). The number of carboxylic acids is 1. The number of fused-ring (bicyclic) bond motifs is 2. The number of hydrogen-bond donors (Lipinski definition) is 3. The van der Waals surface area contributed by atoms with Gasteiger partial charge in [-0.05, 0) is 71.7 Å². The number of nitrogens with zero attached hydrogens (tertiary/aromatic N) is 2. The third-order valence-electron chi connectivity index (χ3n) is 9.52. The third kappa shape index (κ3) is 6.84. The van der Waals surface area contributed by atoms with Crippen LogP contribution in [0.25, 0.3) is 21.9 Å². The summed E-state index contributed by atoms with van der Waals surface area (Å²) < 4.78 is 73.5. The van der Waals surface area contributed by atoms with Crippen molar-refractivity contribution < 1.29 is 36.6 Å². The van der Waals surface area contributed by atoms with Crippen molar-refractivity contribution in [2.45, 2.75) is 74.7 Å². The Bertz CT molecular complexity index is 2040. The van der Waals surface area contributed by atoms with Crippen LogP contribution in [0.3, 0.4) is 0 Å². The van der Waals surface area contributed by atoms with E-state index in [1.54, 1.807) is 0 Å². The molecular weight excluding hydrogens is 659 g/mol. The molecule has 0 amide bonds. The summed E-state index contributed by atoms with van der Waals surface area (Å²) in [5.74, 6) is -1.44. The number of aromatic nitrogens is 1. The van der Waals surface area contributed by atoms with Gasteiger partial charge in [-0.15, -0.1) is 0 Å². The van der Waals surface area contributed by atoms with E-state index in [4.69, 9.17) is 0 Å². The van der Waals surface area contributed by atoms with Crippen LogP contribution in [-0.2, 0) is 27.4 Å². The van der Waals surface area contributed by atoms with Crippen LogP contribution in [0.15, 0.2) is 76.6 Å². The molecule has 4 aromatic rings. The number of carbonyl (C=O) groups is 1. The standard InChI is InChI=1S/C36H38F3N3O6S/c37-36(38,39)26-14-9-13-25(20-26)31-29(21-24-12-8-11-23-10-2-5-17-28(23)24)32(40-27-15-3-4-16-27)33(44)42-30(35(45)46)22-41(18-6-1-7-19-43)49(47,48)34(31)42/h2,5,8-14,17,20,27,30,40,43H,1,3-4,6-7,15-16,18-19,21-22H2,(H,45,46). The van der Waals surface area contributed by atoms with Gasteiger partial charge in [0.15, 0.2) is 5.03 Å². The quantitative estimate of drug-likeness (QED) is 0.154. The summed E-state index contributed by atoms with van der Waals surface area (Å²) in [5.41, 5.74) is -1.19. The molecule has 1 aliphatic heterocycles. The van der Waals surface area contributed by atoms with Crippen molar-refractivity contribution >= 4 is 32.5 Å². The van der Waals surface area contributed by atoms with E-state index >= 15 is 0 Å². The fraction of sp³-hybridized carbons (Fsp3) is 0.389. The van der Waals surface area contributed by atoms with Gasteiger partial charge in [0.25, 0.3) is 15.6 Å². The third-order valence-corrected chi connectivity index (χ3v) is 11.4. The van der Waals surface area contributed by atoms with E-state index in [-0.39, 0.29) is 48.0 Å². The van der Waals surface area contributed by atoms with Crippen molar-refractivity contribution in [1.29, 1.82) is 0 Å². The molecule has 3 aromatic carbocycles. The number of nitrogens with one attached hydrogen (secondary N) is 1. The zero-order valence-corrected chi connectivity index (χ0v) is 27.6. The van der Waals surface area contributed by atoms with Gasteiger partial charge < -0.3 is 15.5 Å². The van der Waals surface area contributed by atoms with Gasteiger partial charge in [0.1, 0.15) is 11.7 Å². The highest BCUT2D eigenvalue weighted by molar-refractivity contribution is 7.89. The number of unbranched alkanes of at least 4 members (excludes halogenated alkanes) is 2. The molecule has 0 radical (unpaired) electrons. The molecule has 49 heavy (non-hydrogen) atoms. The minimum Gasteiger partial charge on any atom is -0.480 e. The van der Waals surface area contributed by atoms with E-state index in [1.165, 1.54) is 12.1 Å². The molecule has 1 saturated carbocycles. The summed E-state index contributed by atoms with van der Waals surface area (Å²) in [4.78, 5) is 27.5. The summed E-state index contributed by atoms with van der Waals surface area (Å²) in [6.07, 6.45) is -0.387. The maximum absolute atomic E-state index is 14.6. The van der Waals surface area contributed by atoms with Gasteiger partial charge in [0.2, 0.25) is 0 Å². The Morgan fingerprint density at radius 2 is 1.67 bits per heavy atom. The van der Waals surface area contributed by atoms with Crippen LogP contribution in [0.1, 0.15) is 67.7 Å². The smallest absolute Gasteiger partial charge is 0.416 e. The summed E-state index contributed by atoms with van der Waals surface area (Å²) >= 11 is 0. The lowest BCUT2D eigenvalue weighted by Gasteiger charge is -2.36. The molecule has 1 aromatic heterocycles. The number of hydrogen-bond acceptors (Lipinski definition) is 6. The number of rotatable bonds is 11. The molecular formula is C36H38F3N3O6S. The summed E-state index contributed by atoms with van der Waals surface area (Å²) in [7, 11) is -4.63. The van der Waals surface area contributed by atoms with Gasteiger partial charge >= 0.3 is 12.1 Å². The zero-order chi connectivity index (χ0) is 34.9. The van der Waals surface area contributed by atoms with Crippen molar-refractivity contribution in [3.63, 3.8) is 0 Å². The predicted molar refractivity (Wildman–Crippen MR) is 180 cm³/mol. The number of pyridine rings is 1. The molecule has 2 aliphatic rings. The lowest BCUT2D eigenvalue weighted by atomic mass is 9.91. The average Bonchev–Trinajstić information content (AvgIpc) is 3.59. The van der Waals surface area contributed by atoms with Crippen LogP contribution >= 0.6 is 0 Å². The highest BCUT2D eigenvalue weighted by Crippen LogP contribution is 2.43. The second kappa shape index (κ2) is 14.0. The van der Waals surface area contributed by atoms with Gasteiger partial charge in [-0.2, -0.15) is 17.5 Å². The Morgan fingerprint density at radius 3 is 2.39 bits per heavy atom. The lowest BCUT2D eigenvalue weighted by molar-refractivity contribution is -0.141. The Hall–Kier alpha value is -4.20. The minimum atomic E-state index is -4.76. The van der Waals surface area contributed by atoms with Crippen molar-refractivity contribution in [3.8, 4) is 11.1 Å². The van der Waals surface area contributed by atoms with Gasteiger partial charge in [-0.1, -0.05) is 67.4 Å². The first-order valence-electron chi connectivity index (χ1n) is 16.5. The van der Waals surface area contributed by atoms with Crippen molar-refractivity contribution in [2.75, 3.05) is 25.0 Å². The first kappa shape index (κ1) is 34.7. The highest BCUT2D eigenvalue weighted by Gasteiger charge is 2.45. The lowest BCUT2D eigenvalue weighted by Crippen LogP contribution is -2.50. The van der Waals surface area contributed by atoms with E-state index in [9.17, 15) is 41.4 Å². The van der Waals surface area contributed by atoms with Gasteiger partial charge in [-0.3, -0.25) is 9.36 Å². The van der Waals surface area contributed by atoms with Crippen LogP contribution in [0.2, 0.25) is 0 Å². The van der Waals surface area contributed by atoms with Crippen LogP contribution in [0.5, 0.6) is 0 Å². The van der Waals surface area contributed by atoms with E-state index in [0.717, 1.165) is 57.5 Å². The van der Waals surface area contributed by atoms with Gasteiger partial charge in [0.05, 0.1) is 5.56 Å². The highest BCUT2D eigenvalue weighted by atomic mass is 32.2. The van der Waals surface area contributed by atoms with Crippen molar-refractivity contribution in [3.05, 3.63) is 93.8 Å². The largest absolute Gasteiger partial charge is 0.480 e. The minimum absolute atomic E-state index is 0.00570. The van der Waals surface area contributed by atoms with Crippen LogP contribution in [-0.4, -0.2) is 59.2 Å². The van der Waals surface area contributed by atoms with Crippen molar-refractivity contribution in [1.82, 2.24) is 8.87 Å². The molecule has 1 atom stereocenters. The summed E-state index contributed by atoms with van der Waals surface area (Å²) in [6, 6.07) is 15.5. The first-order chi connectivity index (χ1) is 23.4. The number of aliphatic carboxylic acids is 1. The van der Waals surface area contributed by atoms with E-state index < -0.39 is 50.9 Å². The summed E-state index contributed by atoms with van der Waals surface area (Å²) in [6.45, 7) is -0.725. The number of alkyl halides is 3. The van der Waals surface area contributed by atoms with E-state index in [2.05, 4.69) is 5.32 Å². The average molecular weight is 698 g/mol. The maximum Gasteiger partial charge on any atom is 0.416 e. The van der Waals surface area contributed by atoms with E-state index in [0.29, 0.717) is 24.8 Å². The second-order valence-electron chi connectivity index (χ2n) is 12.7. The fourth-order valence-electron chi connectivity index (χ4n) is 7.11. The number of aliphatic hydroxyl groups is 1. The van der Waals surface area contributed by atoms with Crippen LogP contribution in [0.4, 0.5) is 18.9 Å². The Balaban J connectivity index is 1.70. The molecule has 1 unspecified atom stereocenters. The number of halogens is 3. The molecule has 1 aliphatic carbocycles. The molecule has 260 valence electrons. The normalized spacial score (nSPS) is 18.1. The molecule has 0 bridgehead atoms. The number of anilines is 1. The Kier molecular flexibility index (Phi) is 9.88. The molecule has 0 spiro atoms. The molecule has 3 N–H and O–H groups in total. The number of benzene rings is 3. The fourth-order valence-corrected chi connectivity index (χ4v) is 9.02. The molecule has 9 nitrogen and oxygen atoms in total. The molecule has 2 heterocycles. The SMILES string of the molecule is O=C(O)C1CN(CCCCCO)S(=O)(=O)c2c(-c3cccc(C(F)(F)F)c3)c(Cc3cccc4ccccc34)c(NC3CCCC3)c(=O)n21. The molecule has 1 fully saturated rings. The first-order valence-corrected chi connectivity index (χ1v) is 17.9. The maximum atomic E-state index is 14.6. The van der Waals surface area contributed by atoms with Crippen LogP contribution < -0.4 is 10.9 Å². The molecule has 0 saturated heterocycles. The zero-order valence-electron chi connectivity index (χ0n) is 26.7. The number of carboxylic acid groups (broad SMARTS) is 1. The second-order valence-corrected chi connectivity index (χ2v) is 14.6. The Labute approximate surface area is 282 Å². The Morgan fingerprint density at radius 1 is 0.959 bits per heavy atom. The predicted octanol–water partition coefficient (Wildman–Crippen LogP) is 6.43. The topological polar surface area (TPSA) is 129 Å². The van der Waals surface area contributed by atoms with Gasteiger partial charge in [0, 0.05) is 37.7 Å². The summed E-state index contributed by atoms with van der Waals surface area (Å²) in [5, 5.41) is 24.1. The van der Waals surface area contributed by atoms with E-state index in [1.807, 2.05) is 42.5 Å².